The van der Waals surface area contributed by atoms with Crippen LogP contribution in [0.1, 0.15) is 107 Å². The Balaban J connectivity index is 0.000000204. The second-order valence-electron chi connectivity index (χ2n) is 22.9. The number of anilines is 6. The first kappa shape index (κ1) is 69.2. The van der Waals surface area contributed by atoms with E-state index in [0.717, 1.165) is 76.0 Å². The molecule has 6 aromatic carbocycles. The van der Waals surface area contributed by atoms with Crippen LogP contribution in [0.15, 0.2) is 126 Å². The lowest BCUT2D eigenvalue weighted by Crippen LogP contribution is -2.43. The molecule has 0 bridgehead atoms. The van der Waals surface area contributed by atoms with Crippen molar-refractivity contribution < 1.29 is 40.9 Å². The van der Waals surface area contributed by atoms with Gasteiger partial charge in [0.05, 0.1) is 35.3 Å². The lowest BCUT2D eigenvalue weighted by molar-refractivity contribution is 0.0934. The fourth-order valence-corrected chi connectivity index (χ4v) is 11.1. The number of rotatable bonds is 19. The summed E-state index contributed by atoms with van der Waals surface area (Å²) in [5.74, 6) is -4.12. The Kier molecular flexibility index (Phi) is 23.2. The molecule has 2 atom stereocenters. The van der Waals surface area contributed by atoms with Crippen molar-refractivity contribution in [1.29, 1.82) is 0 Å². The van der Waals surface area contributed by atoms with Gasteiger partial charge in [0, 0.05) is 83.1 Å². The summed E-state index contributed by atoms with van der Waals surface area (Å²) in [4.78, 5) is 73.7. The van der Waals surface area contributed by atoms with Gasteiger partial charge in [-0.05, 0) is 165 Å². The molecule has 0 fully saturated rings. The number of aryl methyl sites for hydroxylation is 4. The Hall–Kier alpha value is -9.65. The largest absolute Gasteiger partial charge is 0.370 e. The van der Waals surface area contributed by atoms with E-state index in [1.54, 1.807) is 30.3 Å². The van der Waals surface area contributed by atoms with Crippen molar-refractivity contribution in [1.82, 2.24) is 46.5 Å². The van der Waals surface area contributed by atoms with Crippen molar-refractivity contribution >= 4 is 69.3 Å². The number of hydrogen-bond acceptors (Lipinski definition) is 13. The van der Waals surface area contributed by atoms with Crippen LogP contribution in [0.3, 0.4) is 0 Å². The summed E-state index contributed by atoms with van der Waals surface area (Å²) < 4.78 is 72.0. The second-order valence-corrected chi connectivity index (χ2v) is 24.2. The summed E-state index contributed by atoms with van der Waals surface area (Å²) in [5, 5.41) is 17.5. The zero-order valence-electron chi connectivity index (χ0n) is 53.9. The lowest BCUT2D eigenvalue weighted by atomic mass is 9.97. The molecule has 0 spiro atoms. The zero-order chi connectivity index (χ0) is 67.4. The van der Waals surface area contributed by atoms with Crippen LogP contribution < -0.4 is 52.3 Å². The Labute approximate surface area is 541 Å². The van der Waals surface area contributed by atoms with Crippen LogP contribution in [-0.2, 0) is 23.9 Å². The fourth-order valence-electron chi connectivity index (χ4n) is 10.6. The molecule has 2 aliphatic rings. The summed E-state index contributed by atoms with van der Waals surface area (Å²) in [6.45, 7) is 19.9. The molecule has 4 heterocycles. The summed E-state index contributed by atoms with van der Waals surface area (Å²) in [7, 11) is 0.295. The van der Waals surface area contributed by atoms with Gasteiger partial charge in [-0.1, -0.05) is 66.2 Å². The van der Waals surface area contributed by atoms with Crippen LogP contribution in [-0.4, -0.2) is 99.6 Å². The standard InChI is InChI=1S/C34H37F2N7O2.C24H23F2N5O3S.C11H18N2/c1-6-42(24-10-7-9-21(4)17-24)16-15-37-33-40-29(25-18-23(14-13-22(25)5)32(44)39-20(2)3)26-19-38-34(45)43(31(26)41-33)30-27(35)11-8-12-28(30)36;1-12(2)28-22(32)14-9-8-13(3)15(10-14)19-16-11-27-24(33)31(20-17(25)6-5-7-18(20)26)21(16)30-23(29-19)35(4)34;1-9-4-3-5-10(8-9)11(13-2)6-7-12/h7-14,17-18,20H,6,15-16,19H2,1-5H3,(H,38,45)(H,39,44)(H,37,40,41);5-10,12H,11H2,1-4H3,(H,27,33)(H,28,32);3-5,8,11,13H,6-7,12H2,1-2H3. The highest BCUT2D eigenvalue weighted by Crippen LogP contribution is 2.41. The number of halogens is 4. The highest BCUT2D eigenvalue weighted by molar-refractivity contribution is 7.84. The van der Waals surface area contributed by atoms with Crippen LogP contribution in [0.5, 0.6) is 0 Å². The van der Waals surface area contributed by atoms with Gasteiger partial charge in [0.25, 0.3) is 11.8 Å². The molecular formula is C69H78F4N14O5S. The smallest absolute Gasteiger partial charge is 0.328 e. The molecule has 8 aromatic rings. The molecule has 93 heavy (non-hydrogen) atoms. The molecule has 10 rings (SSSR count). The number of likely N-dealkylation sites (N-methyl/N-ethyl adjacent to an activating group) is 1. The van der Waals surface area contributed by atoms with Crippen LogP contribution in [0, 0.1) is 51.0 Å². The first-order valence-corrected chi connectivity index (χ1v) is 32.0. The number of aromatic nitrogens is 4. The maximum atomic E-state index is 15.1. The molecule has 0 aliphatic carbocycles. The highest BCUT2D eigenvalue weighted by Gasteiger charge is 2.37. The Morgan fingerprint density at radius 3 is 1.57 bits per heavy atom. The van der Waals surface area contributed by atoms with Gasteiger partial charge in [-0.3, -0.25) is 13.8 Å². The summed E-state index contributed by atoms with van der Waals surface area (Å²) in [6.07, 6.45) is 2.35. The van der Waals surface area contributed by atoms with Gasteiger partial charge in [-0.2, -0.15) is 4.98 Å². The predicted octanol–water partition coefficient (Wildman–Crippen LogP) is 12.0. The van der Waals surface area contributed by atoms with Gasteiger partial charge in [0.15, 0.2) is 11.6 Å². The Morgan fingerprint density at radius 1 is 0.645 bits per heavy atom. The molecule has 0 saturated heterocycles. The van der Waals surface area contributed by atoms with Gasteiger partial charge in [-0.15, -0.1) is 0 Å². The van der Waals surface area contributed by atoms with Crippen molar-refractivity contribution in [3.8, 4) is 22.5 Å². The summed E-state index contributed by atoms with van der Waals surface area (Å²) >= 11 is 0. The number of fused-ring (bicyclic) bond motifs is 2. The van der Waals surface area contributed by atoms with E-state index in [4.69, 9.17) is 10.7 Å². The normalized spacial score (nSPS) is 13.1. The predicted molar refractivity (Wildman–Crippen MR) is 358 cm³/mol. The minimum absolute atomic E-state index is 0.0230. The van der Waals surface area contributed by atoms with Crippen molar-refractivity contribution in [2.75, 3.05) is 59.5 Å². The average molecular weight is 1290 g/mol. The van der Waals surface area contributed by atoms with Crippen LogP contribution in [0.25, 0.3) is 22.5 Å². The maximum absolute atomic E-state index is 15.1. The third-order valence-electron chi connectivity index (χ3n) is 15.2. The van der Waals surface area contributed by atoms with E-state index < -0.39 is 57.5 Å². The van der Waals surface area contributed by atoms with Crippen molar-refractivity contribution in [3.63, 3.8) is 0 Å². The molecule has 19 nitrogen and oxygen atoms in total. The molecule has 2 unspecified atom stereocenters. The van der Waals surface area contributed by atoms with Crippen molar-refractivity contribution in [3.05, 3.63) is 195 Å². The number of nitrogens with one attached hydrogen (secondary N) is 6. The summed E-state index contributed by atoms with van der Waals surface area (Å²) in [5.41, 5.74) is 14.4. The topological polar surface area (TPSA) is 245 Å². The number of carbonyl (C=O) groups excluding carboxylic acids is 4. The number of benzene rings is 6. The number of nitrogens with zero attached hydrogens (tertiary/aromatic N) is 7. The van der Waals surface area contributed by atoms with E-state index in [1.165, 1.54) is 29.5 Å². The SMILES string of the molecule is CCN(CCNc1nc(-c2cc(C(=O)NC(C)C)ccc2C)c2c(n1)N(c1c(F)cccc1F)C(=O)NC2)c1cccc(C)c1.CNC(CCN)c1cccc(C)c1.Cc1ccc(C(=O)NC(C)C)cc1-c1nc(S(C)=O)nc2c1CNC(=O)N2c1c(F)cccc1F. The van der Waals surface area contributed by atoms with E-state index in [1.807, 2.05) is 73.7 Å². The van der Waals surface area contributed by atoms with Crippen LogP contribution >= 0.6 is 0 Å². The van der Waals surface area contributed by atoms with E-state index >= 15 is 8.78 Å². The molecule has 6 amide bonds. The number of urea groups is 2. The number of para-hydroxylation sites is 2. The van der Waals surface area contributed by atoms with Gasteiger partial charge in [-0.25, -0.2) is 51.9 Å². The van der Waals surface area contributed by atoms with E-state index in [9.17, 15) is 32.2 Å². The lowest BCUT2D eigenvalue weighted by Gasteiger charge is -2.31. The van der Waals surface area contributed by atoms with E-state index in [-0.39, 0.29) is 59.7 Å². The van der Waals surface area contributed by atoms with Crippen LogP contribution in [0.4, 0.5) is 61.8 Å². The minimum Gasteiger partial charge on any atom is -0.370 e. The fraction of sp³-hybridized carbons (Fsp3) is 0.304. The number of nitrogens with two attached hydrogens (primary N) is 1. The van der Waals surface area contributed by atoms with Crippen molar-refractivity contribution in [2.24, 2.45) is 5.73 Å². The molecule has 8 N–H and O–H groups in total. The summed E-state index contributed by atoms with van der Waals surface area (Å²) in [6, 6.07) is 32.5. The zero-order valence-corrected chi connectivity index (χ0v) is 54.7. The van der Waals surface area contributed by atoms with E-state index in [0.29, 0.717) is 63.9 Å². The molecule has 2 aromatic heterocycles. The molecule has 488 valence electrons. The average Bonchev–Trinajstić information content (AvgIpc) is 0.771. The molecule has 24 heteroatoms. The van der Waals surface area contributed by atoms with Gasteiger partial charge < -0.3 is 42.5 Å². The molecule has 0 radical (unpaired) electrons. The Bertz CT molecular complexity index is 4060. The number of amides is 6. The third kappa shape index (κ3) is 16.5. The second kappa shape index (κ2) is 31.1. The first-order valence-electron chi connectivity index (χ1n) is 30.5. The molecular weight excluding hydrogens is 1210 g/mol. The Morgan fingerprint density at radius 2 is 1.12 bits per heavy atom. The monoisotopic (exact) mass is 1290 g/mol. The first-order chi connectivity index (χ1) is 44.4. The van der Waals surface area contributed by atoms with Crippen molar-refractivity contribution in [2.45, 2.75) is 105 Å². The van der Waals surface area contributed by atoms with Crippen LogP contribution in [0.2, 0.25) is 0 Å². The van der Waals surface area contributed by atoms with E-state index in [2.05, 4.69) is 102 Å². The number of hydrogen-bond donors (Lipinski definition) is 7. The maximum Gasteiger partial charge on any atom is 0.328 e. The number of carbonyl (C=O) groups is 4. The third-order valence-corrected chi connectivity index (χ3v) is 15.9. The molecule has 0 saturated carbocycles. The molecule has 2 aliphatic heterocycles. The van der Waals surface area contributed by atoms with Gasteiger partial charge in [0.1, 0.15) is 34.6 Å². The van der Waals surface area contributed by atoms with Gasteiger partial charge in [0.2, 0.25) is 11.1 Å². The van der Waals surface area contributed by atoms with Gasteiger partial charge >= 0.3 is 12.1 Å². The quantitative estimate of drug-likeness (QED) is 0.0295. The minimum atomic E-state index is -1.68. The highest BCUT2D eigenvalue weighted by atomic mass is 32.2.